The van der Waals surface area contributed by atoms with Crippen molar-refractivity contribution in [1.29, 1.82) is 0 Å². The lowest BCUT2D eigenvalue weighted by atomic mass is 9.95. The van der Waals surface area contributed by atoms with Crippen molar-refractivity contribution < 1.29 is 0 Å². The lowest BCUT2D eigenvalue weighted by molar-refractivity contribution is 0.170. The number of fused-ring (bicyclic) bond motifs is 1. The highest BCUT2D eigenvalue weighted by atomic mass is 15.2. The maximum atomic E-state index is 6.03. The third kappa shape index (κ3) is 1.80. The molecule has 0 amide bonds. The van der Waals surface area contributed by atoms with Crippen molar-refractivity contribution >= 4 is 11.8 Å². The van der Waals surface area contributed by atoms with E-state index in [-0.39, 0.29) is 5.54 Å². The van der Waals surface area contributed by atoms with Crippen molar-refractivity contribution in [2.24, 2.45) is 0 Å². The Bertz CT molecular complexity index is 419. The Hall–Kier alpha value is -1.44. The van der Waals surface area contributed by atoms with E-state index in [0.29, 0.717) is 0 Å². The molecule has 0 bridgehead atoms. The molecule has 1 heterocycles. The van der Waals surface area contributed by atoms with E-state index >= 15 is 0 Å². The summed E-state index contributed by atoms with van der Waals surface area (Å²) in [6.45, 7) is 7.67. The zero-order valence-corrected chi connectivity index (χ0v) is 10.3. The molecule has 1 aliphatic rings. The molecule has 2 rings (SSSR count). The van der Waals surface area contributed by atoms with Crippen molar-refractivity contribution in [2.45, 2.75) is 39.3 Å². The van der Waals surface area contributed by atoms with Crippen LogP contribution in [0, 0.1) is 0 Å². The van der Waals surface area contributed by atoms with Crippen LogP contribution in [0.3, 0.4) is 0 Å². The Morgan fingerprint density at radius 2 is 2.12 bits per heavy atom. The van der Waals surface area contributed by atoms with Gasteiger partial charge in [0.05, 0.1) is 0 Å². The van der Waals surface area contributed by atoms with Crippen LogP contribution in [0.25, 0.3) is 6.08 Å². The second-order valence-electron chi connectivity index (χ2n) is 5.02. The van der Waals surface area contributed by atoms with E-state index in [1.54, 1.807) is 0 Å². The molecule has 1 aromatic rings. The average Bonchev–Trinajstić information content (AvgIpc) is 2.29. The highest BCUT2D eigenvalue weighted by Crippen LogP contribution is 2.30. The van der Waals surface area contributed by atoms with Crippen molar-refractivity contribution in [2.75, 3.05) is 5.73 Å². The van der Waals surface area contributed by atoms with Crippen LogP contribution in [0.5, 0.6) is 0 Å². The molecule has 0 saturated heterocycles. The molecule has 2 heteroatoms. The Kier molecular flexibility index (Phi) is 2.66. The zero-order valence-electron chi connectivity index (χ0n) is 10.3. The molecule has 0 fully saturated rings. The van der Waals surface area contributed by atoms with Gasteiger partial charge in [-0.25, -0.2) is 0 Å². The fourth-order valence-electron chi connectivity index (χ4n) is 1.97. The number of benzene rings is 1. The molecule has 0 aromatic heterocycles. The van der Waals surface area contributed by atoms with Crippen LogP contribution in [-0.4, -0.2) is 10.4 Å². The molecule has 0 saturated carbocycles. The number of nitrogens with zero attached hydrogens (tertiary/aromatic N) is 1. The molecule has 86 valence electrons. The van der Waals surface area contributed by atoms with E-state index in [4.69, 9.17) is 5.73 Å². The highest BCUT2D eigenvalue weighted by Gasteiger charge is 2.25. The molecule has 2 N–H and O–H groups in total. The molecule has 0 aliphatic carbocycles. The molecule has 0 spiro atoms. The van der Waals surface area contributed by atoms with Gasteiger partial charge in [0.2, 0.25) is 0 Å². The van der Waals surface area contributed by atoms with Crippen LogP contribution in [0.1, 0.15) is 38.3 Å². The minimum atomic E-state index is 0.191. The van der Waals surface area contributed by atoms with Gasteiger partial charge in [-0.15, -0.1) is 0 Å². The van der Waals surface area contributed by atoms with Gasteiger partial charge in [-0.3, -0.25) is 0 Å². The summed E-state index contributed by atoms with van der Waals surface area (Å²) >= 11 is 0. The van der Waals surface area contributed by atoms with Crippen LogP contribution < -0.4 is 5.73 Å². The van der Waals surface area contributed by atoms with Gasteiger partial charge in [0.25, 0.3) is 0 Å². The van der Waals surface area contributed by atoms with Crippen LogP contribution >= 0.6 is 0 Å². The first kappa shape index (κ1) is 11.1. The third-order valence-electron chi connectivity index (χ3n) is 3.65. The van der Waals surface area contributed by atoms with Crippen LogP contribution in [0.4, 0.5) is 5.69 Å². The van der Waals surface area contributed by atoms with Crippen molar-refractivity contribution in [1.82, 2.24) is 4.90 Å². The number of nitrogens with two attached hydrogens (primary N) is 1. The quantitative estimate of drug-likeness (QED) is 0.769. The van der Waals surface area contributed by atoms with Gasteiger partial charge in [0.1, 0.15) is 0 Å². The monoisotopic (exact) mass is 216 g/mol. The molecule has 0 radical (unpaired) electrons. The van der Waals surface area contributed by atoms with E-state index in [1.165, 1.54) is 11.1 Å². The van der Waals surface area contributed by atoms with Gasteiger partial charge < -0.3 is 10.6 Å². The van der Waals surface area contributed by atoms with E-state index in [2.05, 4.69) is 44.0 Å². The summed E-state index contributed by atoms with van der Waals surface area (Å²) in [5.74, 6) is 0. The molecular weight excluding hydrogens is 196 g/mol. The molecule has 1 aliphatic heterocycles. The molecule has 0 atom stereocenters. The summed E-state index contributed by atoms with van der Waals surface area (Å²) < 4.78 is 0. The predicted molar refractivity (Wildman–Crippen MR) is 69.8 cm³/mol. The van der Waals surface area contributed by atoms with E-state index in [1.807, 2.05) is 12.1 Å². The minimum Gasteiger partial charge on any atom is -0.398 e. The molecule has 2 nitrogen and oxygen atoms in total. The van der Waals surface area contributed by atoms with Crippen LogP contribution in [0.15, 0.2) is 24.4 Å². The molecule has 16 heavy (non-hydrogen) atoms. The average molecular weight is 216 g/mol. The van der Waals surface area contributed by atoms with Crippen molar-refractivity contribution in [3.63, 3.8) is 0 Å². The van der Waals surface area contributed by atoms with Gasteiger partial charge in [0, 0.05) is 29.5 Å². The summed E-state index contributed by atoms with van der Waals surface area (Å²) in [4.78, 5) is 2.37. The van der Waals surface area contributed by atoms with E-state index < -0.39 is 0 Å². The van der Waals surface area contributed by atoms with Gasteiger partial charge in [-0.05, 0) is 38.0 Å². The maximum absolute atomic E-state index is 6.03. The standard InChI is InChI=1S/C14H20N2/c1-4-14(2,3)16-9-8-11-6-5-7-13(15)12(11)10-16/h5-9H,4,10,15H2,1-3H3. The summed E-state index contributed by atoms with van der Waals surface area (Å²) in [7, 11) is 0. The lowest BCUT2D eigenvalue weighted by Crippen LogP contribution is -2.40. The highest BCUT2D eigenvalue weighted by molar-refractivity contribution is 5.64. The maximum Gasteiger partial charge on any atom is 0.0455 e. The number of hydrogen-bond acceptors (Lipinski definition) is 2. The van der Waals surface area contributed by atoms with Gasteiger partial charge in [-0.1, -0.05) is 19.1 Å². The number of nitrogen functional groups attached to an aromatic ring is 1. The van der Waals surface area contributed by atoms with Crippen molar-refractivity contribution in [3.05, 3.63) is 35.5 Å². The topological polar surface area (TPSA) is 29.3 Å². The van der Waals surface area contributed by atoms with Gasteiger partial charge in [0.15, 0.2) is 0 Å². The summed E-state index contributed by atoms with van der Waals surface area (Å²) in [6.07, 6.45) is 5.47. The predicted octanol–water partition coefficient (Wildman–Crippen LogP) is 3.24. The zero-order chi connectivity index (χ0) is 11.8. The third-order valence-corrected chi connectivity index (χ3v) is 3.65. The first-order chi connectivity index (χ1) is 7.54. The Morgan fingerprint density at radius 1 is 1.38 bits per heavy atom. The lowest BCUT2D eigenvalue weighted by Gasteiger charge is -2.39. The second kappa shape index (κ2) is 3.85. The molecule has 0 unspecified atom stereocenters. The van der Waals surface area contributed by atoms with Crippen LogP contribution in [-0.2, 0) is 6.54 Å². The Morgan fingerprint density at radius 3 is 2.81 bits per heavy atom. The van der Waals surface area contributed by atoms with E-state index in [9.17, 15) is 0 Å². The second-order valence-corrected chi connectivity index (χ2v) is 5.02. The Labute approximate surface area is 97.8 Å². The minimum absolute atomic E-state index is 0.191. The van der Waals surface area contributed by atoms with Gasteiger partial charge >= 0.3 is 0 Å². The molecule has 1 aromatic carbocycles. The SMILES string of the molecule is CCC(C)(C)N1C=Cc2cccc(N)c2C1. The largest absolute Gasteiger partial charge is 0.398 e. The normalized spacial score (nSPS) is 15.1. The fourth-order valence-corrected chi connectivity index (χ4v) is 1.97. The number of hydrogen-bond donors (Lipinski definition) is 1. The fraction of sp³-hybridized carbons (Fsp3) is 0.429. The summed E-state index contributed by atoms with van der Waals surface area (Å²) in [5.41, 5.74) is 9.63. The molecular formula is C14H20N2. The van der Waals surface area contributed by atoms with Crippen LogP contribution in [0.2, 0.25) is 0 Å². The first-order valence-corrected chi connectivity index (χ1v) is 5.87. The first-order valence-electron chi connectivity index (χ1n) is 5.87. The summed E-state index contributed by atoms with van der Waals surface area (Å²) in [5, 5.41) is 0. The Balaban J connectivity index is 2.34. The summed E-state index contributed by atoms with van der Waals surface area (Å²) in [6, 6.07) is 6.12. The van der Waals surface area contributed by atoms with E-state index in [0.717, 1.165) is 18.7 Å². The van der Waals surface area contributed by atoms with Crippen molar-refractivity contribution in [3.8, 4) is 0 Å². The van der Waals surface area contributed by atoms with Gasteiger partial charge in [-0.2, -0.15) is 0 Å². The smallest absolute Gasteiger partial charge is 0.0455 e. The number of rotatable bonds is 2. The number of anilines is 1.